The second-order valence-corrected chi connectivity index (χ2v) is 13.5. The minimum atomic E-state index is -2.59. The topological polar surface area (TPSA) is 167 Å². The van der Waals surface area contributed by atoms with Gasteiger partial charge in [-0.15, -0.1) is 0 Å². The molecule has 2 aliphatic heterocycles. The minimum absolute atomic E-state index is 0.0416. The van der Waals surface area contributed by atoms with Crippen LogP contribution >= 0.6 is 0 Å². The molecule has 1 fully saturated rings. The monoisotopic (exact) mass is 661 g/mol. The summed E-state index contributed by atoms with van der Waals surface area (Å²) in [5.74, 6) is 0.303. The fraction of sp³-hybridized carbons (Fsp3) is 0.438. The van der Waals surface area contributed by atoms with E-state index in [0.717, 1.165) is 18.4 Å². The van der Waals surface area contributed by atoms with E-state index in [1.807, 2.05) is 30.3 Å². The number of imidazole rings is 1. The molecule has 1 amide bonds. The number of esters is 1. The highest BCUT2D eigenvalue weighted by molar-refractivity contribution is 7.80. The average Bonchev–Trinajstić information content (AvgIpc) is 3.47. The zero-order valence-electron chi connectivity index (χ0n) is 26.6. The van der Waals surface area contributed by atoms with Crippen molar-refractivity contribution in [3.05, 3.63) is 55.1 Å². The average molecular weight is 662 g/mol. The number of nitrogens with zero attached hydrogens (tertiary/aromatic N) is 7. The van der Waals surface area contributed by atoms with E-state index in [1.54, 1.807) is 43.8 Å². The van der Waals surface area contributed by atoms with Crippen molar-refractivity contribution in [1.29, 1.82) is 0 Å². The lowest BCUT2D eigenvalue weighted by Crippen LogP contribution is -2.48. The fourth-order valence-electron chi connectivity index (χ4n) is 5.98. The van der Waals surface area contributed by atoms with Gasteiger partial charge in [0.05, 0.1) is 18.6 Å². The van der Waals surface area contributed by atoms with Crippen LogP contribution < -0.4 is 19.8 Å². The van der Waals surface area contributed by atoms with Gasteiger partial charge in [-0.3, -0.25) is 24.0 Å². The molecule has 2 aromatic carbocycles. The summed E-state index contributed by atoms with van der Waals surface area (Å²) in [4.78, 5) is 46.7. The van der Waals surface area contributed by atoms with Crippen molar-refractivity contribution < 1.29 is 23.1 Å². The number of piperidine rings is 1. The number of hydrogen-bond acceptors (Lipinski definition) is 10. The first-order valence-corrected chi connectivity index (χ1v) is 16.8. The molecule has 14 nitrogen and oxygen atoms in total. The second kappa shape index (κ2) is 13.6. The van der Waals surface area contributed by atoms with Gasteiger partial charge in [0.2, 0.25) is 5.91 Å². The summed E-state index contributed by atoms with van der Waals surface area (Å²) in [6.45, 7) is 7.87. The van der Waals surface area contributed by atoms with Gasteiger partial charge in [0.15, 0.2) is 29.0 Å². The molecule has 47 heavy (non-hydrogen) atoms. The third kappa shape index (κ3) is 7.20. The molecule has 4 heterocycles. The molecule has 6 rings (SSSR count). The zero-order valence-corrected chi connectivity index (χ0v) is 27.4. The molecule has 0 spiro atoms. The van der Waals surface area contributed by atoms with E-state index in [4.69, 9.17) is 4.74 Å². The number of rotatable bonds is 8. The summed E-state index contributed by atoms with van der Waals surface area (Å²) in [5.41, 5.74) is 0.567. The summed E-state index contributed by atoms with van der Waals surface area (Å²) in [6, 6.07) is 11.7. The molecular formula is C32H39N9O5S. The van der Waals surface area contributed by atoms with Crippen molar-refractivity contribution in [1.82, 2.24) is 30.2 Å². The summed E-state index contributed by atoms with van der Waals surface area (Å²) >= 11 is -2.59. The van der Waals surface area contributed by atoms with E-state index >= 15 is 0 Å². The minimum Gasteiger partial charge on any atom is -0.458 e. The van der Waals surface area contributed by atoms with Crippen molar-refractivity contribution >= 4 is 62.5 Å². The number of amides is 1. The predicted octanol–water partition coefficient (Wildman–Crippen LogP) is 3.02. The Bertz CT molecular complexity index is 1830. The third-order valence-electron chi connectivity index (χ3n) is 8.19. The molecule has 15 heteroatoms. The van der Waals surface area contributed by atoms with E-state index in [9.17, 15) is 18.4 Å². The maximum Gasteiger partial charge on any atom is 0.332 e. The van der Waals surface area contributed by atoms with E-state index in [1.165, 1.54) is 10.6 Å². The molecule has 2 aliphatic rings. The Balaban J connectivity index is 1.27. The normalized spacial score (nSPS) is 17.1. The van der Waals surface area contributed by atoms with Gasteiger partial charge in [0.25, 0.3) is 11.3 Å². The van der Waals surface area contributed by atoms with Crippen molar-refractivity contribution in [2.45, 2.75) is 58.2 Å². The number of aromatic nitrogens is 4. The Kier molecular flexibility index (Phi) is 9.36. The fourth-order valence-corrected chi connectivity index (χ4v) is 6.68. The maximum absolute atomic E-state index is 13.8. The Morgan fingerprint density at radius 3 is 2.62 bits per heavy atom. The molecule has 0 radical (unpaired) electrons. The number of nitrogens with one attached hydrogen (secondary N) is 2. The van der Waals surface area contributed by atoms with Crippen LogP contribution in [-0.2, 0) is 32.1 Å². The first-order chi connectivity index (χ1) is 22.6. The van der Waals surface area contributed by atoms with Crippen LogP contribution in [0.25, 0.3) is 21.9 Å². The highest BCUT2D eigenvalue weighted by atomic mass is 32.2. The molecule has 0 bridgehead atoms. The molecule has 2 aromatic heterocycles. The smallest absolute Gasteiger partial charge is 0.332 e. The Hall–Kier alpha value is -4.63. The lowest BCUT2D eigenvalue weighted by atomic mass is 9.96. The van der Waals surface area contributed by atoms with Crippen molar-refractivity contribution in [2.24, 2.45) is 10.9 Å². The third-order valence-corrected chi connectivity index (χ3v) is 8.98. The number of ether oxygens (including phenoxy) is 1. The molecule has 0 aliphatic carbocycles. The van der Waals surface area contributed by atoms with Crippen LogP contribution in [-0.4, -0.2) is 83.9 Å². The van der Waals surface area contributed by atoms with Crippen LogP contribution in [0.1, 0.15) is 40.0 Å². The number of anilines is 2. The second-order valence-electron chi connectivity index (χ2n) is 12.6. The van der Waals surface area contributed by atoms with Gasteiger partial charge in [-0.2, -0.15) is 0 Å². The Morgan fingerprint density at radius 2 is 1.89 bits per heavy atom. The van der Waals surface area contributed by atoms with E-state index in [-0.39, 0.29) is 18.4 Å². The molecule has 248 valence electrons. The van der Waals surface area contributed by atoms with Gasteiger partial charge in [-0.25, -0.2) is 24.0 Å². The molecule has 2 atom stereocenters. The SMILES string of the molecule is CC(C)(C)OC(=O)C(Cn1cnc2c(N3CCC(C(=O)NC4=NCCCN4)CC3)ncnc21)N(c1cccc2ccccc12)S(=O)O. The molecule has 1 saturated heterocycles. The molecule has 4 aromatic rings. The van der Waals surface area contributed by atoms with Gasteiger partial charge in [0.1, 0.15) is 11.9 Å². The summed E-state index contributed by atoms with van der Waals surface area (Å²) in [5, 5.41) is 7.61. The molecule has 0 saturated carbocycles. The van der Waals surface area contributed by atoms with Crippen LogP contribution in [0.2, 0.25) is 0 Å². The van der Waals surface area contributed by atoms with Gasteiger partial charge in [0, 0.05) is 37.5 Å². The number of hydrogen-bond donors (Lipinski definition) is 3. The summed E-state index contributed by atoms with van der Waals surface area (Å²) in [7, 11) is 0. The van der Waals surface area contributed by atoms with Crippen LogP contribution in [0.15, 0.2) is 60.1 Å². The van der Waals surface area contributed by atoms with Crippen molar-refractivity contribution in [3.8, 4) is 0 Å². The van der Waals surface area contributed by atoms with Crippen LogP contribution in [0.3, 0.4) is 0 Å². The van der Waals surface area contributed by atoms with Crippen LogP contribution in [0.5, 0.6) is 0 Å². The number of aliphatic imine (C=N–C) groups is 1. The van der Waals surface area contributed by atoms with Crippen LogP contribution in [0, 0.1) is 5.92 Å². The quantitative estimate of drug-likeness (QED) is 0.189. The van der Waals surface area contributed by atoms with Crippen molar-refractivity contribution in [3.63, 3.8) is 0 Å². The molecular weight excluding hydrogens is 622 g/mol. The predicted molar refractivity (Wildman–Crippen MR) is 180 cm³/mol. The lowest BCUT2D eigenvalue weighted by molar-refractivity contribution is -0.156. The van der Waals surface area contributed by atoms with Gasteiger partial charge < -0.3 is 19.5 Å². The molecule has 3 N–H and O–H groups in total. The maximum atomic E-state index is 13.8. The first kappa shape index (κ1) is 32.3. The number of carbonyl (C=O) groups excluding carboxylic acids is 2. The summed E-state index contributed by atoms with van der Waals surface area (Å²) in [6.07, 6.45) is 5.21. The van der Waals surface area contributed by atoms with E-state index < -0.39 is 28.9 Å². The summed E-state index contributed by atoms with van der Waals surface area (Å²) < 4.78 is 32.3. The van der Waals surface area contributed by atoms with E-state index in [0.29, 0.717) is 66.5 Å². The first-order valence-electron chi connectivity index (χ1n) is 15.7. The molecule has 2 unspecified atom stereocenters. The highest BCUT2D eigenvalue weighted by Gasteiger charge is 2.36. The largest absolute Gasteiger partial charge is 0.458 e. The van der Waals surface area contributed by atoms with Gasteiger partial charge >= 0.3 is 5.97 Å². The number of guanidine groups is 1. The lowest BCUT2D eigenvalue weighted by Gasteiger charge is -2.32. The van der Waals surface area contributed by atoms with E-state index in [2.05, 4.69) is 35.5 Å². The highest BCUT2D eigenvalue weighted by Crippen LogP contribution is 2.32. The van der Waals surface area contributed by atoms with Crippen molar-refractivity contribution in [2.75, 3.05) is 35.4 Å². The number of fused-ring (bicyclic) bond motifs is 2. The Morgan fingerprint density at radius 1 is 1.13 bits per heavy atom. The Labute approximate surface area is 275 Å². The number of benzene rings is 2. The number of carbonyl (C=O) groups is 2. The van der Waals surface area contributed by atoms with Crippen LogP contribution in [0.4, 0.5) is 11.5 Å². The zero-order chi connectivity index (χ0) is 33.1. The standard InChI is InChI=1S/C32H39N9O5S/c1-32(2,3)46-30(43)25(41(47(44)45)24-11-6-9-21-8-4-5-10-23(21)24)18-40-20-37-26-27(35-19-36-28(26)40)39-16-12-22(13-17-39)29(42)38-31-33-14-7-15-34-31/h4-6,8-11,19-20,22,25H,7,12-18H2,1-3H3,(H,44,45)(H2,33,34,38,42). The van der Waals surface area contributed by atoms with Gasteiger partial charge in [-0.05, 0) is 51.5 Å². The van der Waals surface area contributed by atoms with Gasteiger partial charge in [-0.1, -0.05) is 36.4 Å².